The zero-order chi connectivity index (χ0) is 28.1. The second-order valence-corrected chi connectivity index (χ2v) is 7.21. The number of ether oxygens (including phenoxy) is 1. The molecule has 0 atom stereocenters. The highest BCUT2D eigenvalue weighted by atomic mass is 16.5. The number of carbonyl (C=O) groups excluding carboxylic acids is 1. The maximum Gasteiger partial charge on any atom is 0.255 e. The van der Waals surface area contributed by atoms with Crippen LogP contribution in [0.1, 0.15) is 102 Å². The molecule has 0 aromatic heterocycles. The number of nitrogens with one attached hydrogen (secondary N) is 2. The first-order chi connectivity index (χ1) is 17.5. The fourth-order valence-electron chi connectivity index (χ4n) is 3.59. The molecule has 0 spiro atoms. The molecule has 4 heteroatoms. The third-order valence-corrected chi connectivity index (χ3v) is 5.31. The summed E-state index contributed by atoms with van der Waals surface area (Å²) in [7, 11) is 3.59. The molecule has 2 aromatic rings. The van der Waals surface area contributed by atoms with Gasteiger partial charge in [-0.15, -0.1) is 0 Å². The number of hydrogen-bond acceptors (Lipinski definition) is 3. The molecule has 0 saturated heterocycles. The van der Waals surface area contributed by atoms with Crippen LogP contribution in [0.2, 0.25) is 0 Å². The van der Waals surface area contributed by atoms with Crippen LogP contribution in [0.4, 0.5) is 5.69 Å². The Balaban J connectivity index is 0. The molecule has 2 N–H and O–H groups in total. The van der Waals surface area contributed by atoms with Crippen molar-refractivity contribution in [1.29, 1.82) is 0 Å². The van der Waals surface area contributed by atoms with Crippen LogP contribution in [0.15, 0.2) is 48.6 Å². The maximum atomic E-state index is 12.9. The average molecular weight is 497 g/mol. The summed E-state index contributed by atoms with van der Waals surface area (Å²) < 4.78 is 5.56. The van der Waals surface area contributed by atoms with Crippen molar-refractivity contribution in [2.24, 2.45) is 0 Å². The average Bonchev–Trinajstić information content (AvgIpc) is 2.93. The third kappa shape index (κ3) is 10.8. The Kier molecular flexibility index (Phi) is 21.0. The molecule has 0 bridgehead atoms. The number of aryl methyl sites for hydroxylation is 1. The monoisotopic (exact) mass is 496 g/mol. The molecule has 0 saturated carbocycles. The minimum Gasteiger partial charge on any atom is -0.496 e. The fraction of sp³-hybridized carbons (Fsp3) is 0.469. The molecule has 1 amide bonds. The highest BCUT2D eigenvalue weighted by Gasteiger charge is 2.13. The van der Waals surface area contributed by atoms with Gasteiger partial charge in [-0.05, 0) is 74.2 Å². The number of hydrogen-bond donors (Lipinski definition) is 2. The molecule has 0 aliphatic rings. The molecule has 4 nitrogen and oxygen atoms in total. The first kappa shape index (κ1) is 35.3. The molecule has 36 heavy (non-hydrogen) atoms. The van der Waals surface area contributed by atoms with Gasteiger partial charge in [-0.25, -0.2) is 0 Å². The molecule has 0 heterocycles. The van der Waals surface area contributed by atoms with Gasteiger partial charge in [0, 0.05) is 29.4 Å². The lowest BCUT2D eigenvalue weighted by molar-refractivity contribution is 0.102. The standard InChI is InChI=1S/C26H34N2O2.3C2H6/c1-7-19(8-2)24-13-11-22(17-25(24)30-6)28-26(29)23-12-10-21(16-18(23)4)20(9-3)14-15-27-5;3*1-2/h7,10-14,16-17,27H,8-9,15H2,1-6H3,(H,28,29);3*1-2H3/b19-7+,20-14+;;;. The Morgan fingerprint density at radius 2 is 1.47 bits per heavy atom. The third-order valence-electron chi connectivity index (χ3n) is 5.31. The summed E-state index contributed by atoms with van der Waals surface area (Å²) in [5, 5.41) is 6.16. The molecule has 2 rings (SSSR count). The number of allylic oxidation sites excluding steroid dienone is 3. The first-order valence-corrected chi connectivity index (χ1v) is 13.6. The van der Waals surface area contributed by atoms with E-state index >= 15 is 0 Å². The van der Waals surface area contributed by atoms with Crippen LogP contribution in [-0.4, -0.2) is 26.6 Å². The van der Waals surface area contributed by atoms with E-state index in [1.54, 1.807) is 7.11 Å². The Hall–Kier alpha value is -2.85. The van der Waals surface area contributed by atoms with E-state index in [1.807, 2.05) is 92.8 Å². The van der Waals surface area contributed by atoms with Gasteiger partial charge in [0.05, 0.1) is 7.11 Å². The van der Waals surface area contributed by atoms with Crippen molar-refractivity contribution >= 4 is 22.7 Å². The molecular weight excluding hydrogens is 444 g/mol. The van der Waals surface area contributed by atoms with Crippen molar-refractivity contribution < 1.29 is 9.53 Å². The smallest absolute Gasteiger partial charge is 0.255 e. The zero-order valence-electron chi connectivity index (χ0n) is 25.1. The summed E-state index contributed by atoms with van der Waals surface area (Å²) in [5.41, 5.74) is 7.06. The van der Waals surface area contributed by atoms with E-state index in [0.29, 0.717) is 5.56 Å². The largest absolute Gasteiger partial charge is 0.496 e. The van der Waals surface area contributed by atoms with Crippen molar-refractivity contribution in [3.05, 3.63) is 70.8 Å². The van der Waals surface area contributed by atoms with Crippen LogP contribution in [-0.2, 0) is 0 Å². The van der Waals surface area contributed by atoms with Crippen LogP contribution in [0.25, 0.3) is 11.1 Å². The summed E-state index contributed by atoms with van der Waals surface area (Å²) in [6, 6.07) is 11.8. The van der Waals surface area contributed by atoms with Crippen LogP contribution in [0, 0.1) is 6.92 Å². The van der Waals surface area contributed by atoms with Gasteiger partial charge in [0.1, 0.15) is 5.75 Å². The first-order valence-electron chi connectivity index (χ1n) is 13.6. The second-order valence-electron chi connectivity index (χ2n) is 7.21. The van der Waals surface area contributed by atoms with Gasteiger partial charge < -0.3 is 15.4 Å². The van der Waals surface area contributed by atoms with Gasteiger partial charge in [-0.3, -0.25) is 4.79 Å². The highest BCUT2D eigenvalue weighted by Crippen LogP contribution is 2.31. The van der Waals surface area contributed by atoms with Gasteiger partial charge in [0.25, 0.3) is 5.91 Å². The Labute approximate surface area is 222 Å². The lowest BCUT2D eigenvalue weighted by Gasteiger charge is -2.14. The van der Waals surface area contributed by atoms with E-state index in [1.165, 1.54) is 11.1 Å². The minimum absolute atomic E-state index is 0.118. The number of rotatable bonds is 9. The van der Waals surface area contributed by atoms with E-state index in [4.69, 9.17) is 4.74 Å². The number of methoxy groups -OCH3 is 1. The number of amides is 1. The SMILES string of the molecule is C/C=C(\CC)c1ccc(NC(=O)c2ccc(/C(=C/CNC)CC)cc2C)cc1OC.CC.CC.CC. The molecule has 2 aromatic carbocycles. The Bertz CT molecular complexity index is 943. The van der Waals surface area contributed by atoms with Gasteiger partial charge in [0.15, 0.2) is 0 Å². The molecule has 0 unspecified atom stereocenters. The van der Waals surface area contributed by atoms with Crippen LogP contribution >= 0.6 is 0 Å². The van der Waals surface area contributed by atoms with Gasteiger partial charge in [-0.2, -0.15) is 0 Å². The normalized spacial score (nSPS) is 10.6. The second kappa shape index (κ2) is 21.4. The van der Waals surface area contributed by atoms with E-state index in [9.17, 15) is 4.79 Å². The number of benzene rings is 2. The quantitative estimate of drug-likeness (QED) is 0.364. The minimum atomic E-state index is -0.118. The number of carbonyl (C=O) groups is 1. The Morgan fingerprint density at radius 1 is 0.889 bits per heavy atom. The highest BCUT2D eigenvalue weighted by molar-refractivity contribution is 6.05. The predicted molar refractivity (Wildman–Crippen MR) is 162 cm³/mol. The fourth-order valence-corrected chi connectivity index (χ4v) is 3.59. The van der Waals surface area contributed by atoms with Crippen LogP contribution in [0.5, 0.6) is 5.75 Å². The topological polar surface area (TPSA) is 50.4 Å². The molecule has 202 valence electrons. The van der Waals surface area contributed by atoms with Gasteiger partial charge in [-0.1, -0.05) is 79.7 Å². The lowest BCUT2D eigenvalue weighted by atomic mass is 9.97. The predicted octanol–water partition coefficient (Wildman–Crippen LogP) is 9.16. The van der Waals surface area contributed by atoms with E-state index in [-0.39, 0.29) is 5.91 Å². The number of likely N-dealkylation sites (N-methyl/N-ethyl adjacent to an activating group) is 1. The molecular formula is C32H52N2O2. The van der Waals surface area contributed by atoms with Gasteiger partial charge >= 0.3 is 0 Å². The van der Waals surface area contributed by atoms with E-state index in [0.717, 1.165) is 47.5 Å². The Morgan fingerprint density at radius 3 is 1.94 bits per heavy atom. The van der Waals surface area contributed by atoms with Crippen LogP contribution in [0.3, 0.4) is 0 Å². The molecule has 0 radical (unpaired) electrons. The van der Waals surface area contributed by atoms with Crippen LogP contribution < -0.4 is 15.4 Å². The van der Waals surface area contributed by atoms with E-state index in [2.05, 4.69) is 42.7 Å². The van der Waals surface area contributed by atoms with Gasteiger partial charge in [0.2, 0.25) is 0 Å². The van der Waals surface area contributed by atoms with Crippen molar-refractivity contribution in [3.63, 3.8) is 0 Å². The summed E-state index contributed by atoms with van der Waals surface area (Å²) in [4.78, 5) is 12.9. The van der Waals surface area contributed by atoms with E-state index < -0.39 is 0 Å². The number of anilines is 1. The molecule has 0 aliphatic carbocycles. The molecule has 0 fully saturated rings. The van der Waals surface area contributed by atoms with Crippen molar-refractivity contribution in [2.45, 2.75) is 82.1 Å². The van der Waals surface area contributed by atoms with Crippen molar-refractivity contribution in [2.75, 3.05) is 26.0 Å². The molecule has 0 aliphatic heterocycles. The summed E-state index contributed by atoms with van der Waals surface area (Å²) in [6.07, 6.45) is 6.16. The van der Waals surface area contributed by atoms with Crippen molar-refractivity contribution in [3.8, 4) is 5.75 Å². The zero-order valence-corrected chi connectivity index (χ0v) is 25.1. The lowest BCUT2D eigenvalue weighted by Crippen LogP contribution is -2.14. The maximum absolute atomic E-state index is 12.9. The summed E-state index contributed by atoms with van der Waals surface area (Å²) >= 11 is 0. The van der Waals surface area contributed by atoms with Crippen molar-refractivity contribution in [1.82, 2.24) is 5.32 Å². The summed E-state index contributed by atoms with van der Waals surface area (Å²) in [6.45, 7) is 21.1. The summed E-state index contributed by atoms with van der Waals surface area (Å²) in [5.74, 6) is 0.643.